The zero-order valence-electron chi connectivity index (χ0n) is 16.4. The van der Waals surface area contributed by atoms with Crippen molar-refractivity contribution in [1.82, 2.24) is 5.16 Å². The predicted molar refractivity (Wildman–Crippen MR) is 106 cm³/mol. The summed E-state index contributed by atoms with van der Waals surface area (Å²) in [7, 11) is 0. The first kappa shape index (κ1) is 22.3. The first-order valence-corrected chi connectivity index (χ1v) is 9.32. The Labute approximate surface area is 182 Å². The molecule has 0 saturated heterocycles. The van der Waals surface area contributed by atoms with Gasteiger partial charge in [0.05, 0.1) is 16.7 Å². The van der Waals surface area contributed by atoms with Crippen molar-refractivity contribution < 1.29 is 41.1 Å². The summed E-state index contributed by atoms with van der Waals surface area (Å²) in [6.07, 6.45) is -9.35. The third-order valence-electron chi connectivity index (χ3n) is 4.91. The maximum Gasteiger partial charge on any atom is 0.437 e. The van der Waals surface area contributed by atoms with E-state index < -0.39 is 34.9 Å². The van der Waals surface area contributed by atoms with Gasteiger partial charge in [-0.1, -0.05) is 41.6 Å². The topological polar surface area (TPSA) is 66.5 Å². The molecule has 0 saturated carbocycles. The third kappa shape index (κ3) is 4.36. The van der Waals surface area contributed by atoms with Crippen molar-refractivity contribution in [3.8, 4) is 45.1 Å². The van der Waals surface area contributed by atoms with Crippen LogP contribution in [0.15, 0.2) is 71.3 Å². The summed E-state index contributed by atoms with van der Waals surface area (Å²) >= 11 is 0. The standard InChI is InChI=1S/C23H13F6NO3/c24-22(25,26)15-7-5-13(6-8-15)12-1-3-14(4-2-12)19-20(33-30-21(19)23(27,28)29)17-10-9-16(31)11-18(17)32/h1-11,31-32H. The van der Waals surface area contributed by atoms with Gasteiger partial charge in [0, 0.05) is 6.07 Å². The molecule has 0 aliphatic rings. The fraction of sp³-hybridized carbons (Fsp3) is 0.0870. The van der Waals surface area contributed by atoms with Crippen LogP contribution in [-0.2, 0) is 12.4 Å². The number of halogens is 6. The number of aromatic nitrogens is 1. The molecule has 0 radical (unpaired) electrons. The number of phenols is 2. The van der Waals surface area contributed by atoms with Gasteiger partial charge < -0.3 is 14.7 Å². The second-order valence-electron chi connectivity index (χ2n) is 7.09. The van der Waals surface area contributed by atoms with Crippen molar-refractivity contribution >= 4 is 0 Å². The van der Waals surface area contributed by atoms with Crippen LogP contribution in [0.5, 0.6) is 11.5 Å². The second-order valence-corrected chi connectivity index (χ2v) is 7.09. The Balaban J connectivity index is 1.78. The fourth-order valence-electron chi connectivity index (χ4n) is 3.33. The van der Waals surface area contributed by atoms with Crippen LogP contribution >= 0.6 is 0 Å². The van der Waals surface area contributed by atoms with Crippen LogP contribution < -0.4 is 0 Å². The predicted octanol–water partition coefficient (Wildman–Crippen LogP) is 7.12. The van der Waals surface area contributed by atoms with Gasteiger partial charge in [-0.2, -0.15) is 26.3 Å². The minimum Gasteiger partial charge on any atom is -0.508 e. The van der Waals surface area contributed by atoms with E-state index in [0.29, 0.717) is 11.1 Å². The number of phenolic OH excluding ortho intramolecular Hbond substituents is 2. The Hall–Kier alpha value is -3.95. The van der Waals surface area contributed by atoms with E-state index in [9.17, 15) is 36.6 Å². The molecule has 0 spiro atoms. The highest BCUT2D eigenvalue weighted by atomic mass is 19.4. The van der Waals surface area contributed by atoms with E-state index >= 15 is 0 Å². The van der Waals surface area contributed by atoms with Crippen LogP contribution in [-0.4, -0.2) is 15.4 Å². The molecule has 2 N–H and O–H groups in total. The summed E-state index contributed by atoms with van der Waals surface area (Å²) in [6, 6.07) is 13.2. The first-order chi connectivity index (χ1) is 15.4. The van der Waals surface area contributed by atoms with E-state index in [-0.39, 0.29) is 22.6 Å². The number of nitrogens with zero attached hydrogens (tertiary/aromatic N) is 1. The van der Waals surface area contributed by atoms with E-state index in [1.54, 1.807) is 0 Å². The molecule has 1 aromatic heterocycles. The average Bonchev–Trinajstić information content (AvgIpc) is 3.19. The zero-order valence-corrected chi connectivity index (χ0v) is 16.4. The van der Waals surface area contributed by atoms with Crippen LogP contribution in [0.2, 0.25) is 0 Å². The Morgan fingerprint density at radius 1 is 0.667 bits per heavy atom. The Kier molecular flexibility index (Phi) is 5.31. The Morgan fingerprint density at radius 3 is 1.73 bits per heavy atom. The van der Waals surface area contributed by atoms with E-state index in [4.69, 9.17) is 4.52 Å². The average molecular weight is 465 g/mol. The number of benzene rings is 3. The lowest BCUT2D eigenvalue weighted by Crippen LogP contribution is -2.07. The number of hydrogen-bond acceptors (Lipinski definition) is 4. The molecule has 0 aliphatic heterocycles. The lowest BCUT2D eigenvalue weighted by atomic mass is 9.96. The minimum atomic E-state index is -4.87. The van der Waals surface area contributed by atoms with Crippen LogP contribution in [0.4, 0.5) is 26.3 Å². The lowest BCUT2D eigenvalue weighted by molar-refractivity contribution is -0.142. The van der Waals surface area contributed by atoms with Gasteiger partial charge >= 0.3 is 12.4 Å². The number of rotatable bonds is 3. The van der Waals surface area contributed by atoms with Gasteiger partial charge in [0.25, 0.3) is 0 Å². The first-order valence-electron chi connectivity index (χ1n) is 9.32. The molecule has 1 heterocycles. The van der Waals surface area contributed by atoms with Crippen molar-refractivity contribution in [3.05, 3.63) is 78.0 Å². The highest BCUT2D eigenvalue weighted by Gasteiger charge is 2.40. The van der Waals surface area contributed by atoms with Gasteiger partial charge in [-0.15, -0.1) is 0 Å². The number of hydrogen-bond donors (Lipinski definition) is 2. The van der Waals surface area contributed by atoms with Gasteiger partial charge in [-0.05, 0) is 41.0 Å². The van der Waals surface area contributed by atoms with Crippen molar-refractivity contribution in [2.75, 3.05) is 0 Å². The molecule has 0 atom stereocenters. The smallest absolute Gasteiger partial charge is 0.437 e. The maximum absolute atomic E-state index is 13.6. The van der Waals surface area contributed by atoms with Gasteiger partial charge in [-0.3, -0.25) is 0 Å². The highest BCUT2D eigenvalue weighted by molar-refractivity contribution is 5.85. The summed E-state index contributed by atoms with van der Waals surface area (Å²) in [5.41, 5.74) is -1.70. The molecule has 0 bridgehead atoms. The molecule has 0 unspecified atom stereocenters. The molecule has 4 rings (SSSR count). The second kappa shape index (κ2) is 7.88. The van der Waals surface area contributed by atoms with Crippen molar-refractivity contribution in [3.63, 3.8) is 0 Å². The molecule has 10 heteroatoms. The quantitative estimate of drug-likeness (QED) is 0.316. The van der Waals surface area contributed by atoms with Gasteiger partial charge in [0.15, 0.2) is 11.5 Å². The fourth-order valence-corrected chi connectivity index (χ4v) is 3.33. The maximum atomic E-state index is 13.6. The normalized spacial score (nSPS) is 12.2. The molecule has 0 amide bonds. The molecule has 3 aromatic carbocycles. The van der Waals surface area contributed by atoms with Crippen molar-refractivity contribution in [1.29, 1.82) is 0 Å². The molecular weight excluding hydrogens is 452 g/mol. The van der Waals surface area contributed by atoms with Crippen LogP contribution in [0.1, 0.15) is 11.3 Å². The monoisotopic (exact) mass is 465 g/mol. The molecule has 4 aromatic rings. The number of alkyl halides is 6. The van der Waals surface area contributed by atoms with Crippen LogP contribution in [0.3, 0.4) is 0 Å². The van der Waals surface area contributed by atoms with Crippen molar-refractivity contribution in [2.45, 2.75) is 12.4 Å². The van der Waals surface area contributed by atoms with Gasteiger partial charge in [0.2, 0.25) is 0 Å². The zero-order chi connectivity index (χ0) is 24.0. The molecule has 0 aliphatic carbocycles. The van der Waals surface area contributed by atoms with Crippen LogP contribution in [0.25, 0.3) is 33.6 Å². The third-order valence-corrected chi connectivity index (χ3v) is 4.91. The number of aromatic hydroxyl groups is 2. The van der Waals surface area contributed by atoms with Crippen LogP contribution in [0, 0.1) is 0 Å². The lowest BCUT2D eigenvalue weighted by Gasteiger charge is -2.10. The summed E-state index contributed by atoms with van der Waals surface area (Å²) in [5, 5.41) is 22.7. The molecule has 170 valence electrons. The van der Waals surface area contributed by atoms with Gasteiger partial charge in [0.1, 0.15) is 11.5 Å². The molecule has 4 nitrogen and oxygen atoms in total. The summed E-state index contributed by atoms with van der Waals surface area (Å²) in [6.45, 7) is 0. The van der Waals surface area contributed by atoms with E-state index in [1.165, 1.54) is 48.5 Å². The molecule has 0 fully saturated rings. The van der Waals surface area contributed by atoms with E-state index in [1.807, 2.05) is 0 Å². The highest BCUT2D eigenvalue weighted by Crippen LogP contribution is 2.45. The van der Waals surface area contributed by atoms with Crippen molar-refractivity contribution in [2.24, 2.45) is 0 Å². The van der Waals surface area contributed by atoms with Gasteiger partial charge in [-0.25, -0.2) is 0 Å². The minimum absolute atomic E-state index is 0.0571. The molecule has 33 heavy (non-hydrogen) atoms. The molecular formula is C23H13F6NO3. The Bertz CT molecular complexity index is 1290. The summed E-state index contributed by atoms with van der Waals surface area (Å²) < 4.78 is 84.0. The van der Waals surface area contributed by atoms with E-state index in [0.717, 1.165) is 18.2 Å². The Morgan fingerprint density at radius 2 is 1.21 bits per heavy atom. The largest absolute Gasteiger partial charge is 0.508 e. The SMILES string of the molecule is Oc1ccc(-c2onc(C(F)(F)F)c2-c2ccc(-c3ccc(C(F)(F)F)cc3)cc2)c(O)c1. The summed E-state index contributed by atoms with van der Waals surface area (Å²) in [4.78, 5) is 0. The summed E-state index contributed by atoms with van der Waals surface area (Å²) in [5.74, 6) is -1.17. The van der Waals surface area contributed by atoms with E-state index in [2.05, 4.69) is 5.16 Å².